The van der Waals surface area contributed by atoms with E-state index in [0.717, 1.165) is 12.8 Å². The number of carbonyl (C=O) groups is 2. The van der Waals surface area contributed by atoms with Gasteiger partial charge in [-0.25, -0.2) is 4.79 Å². The largest absolute Gasteiger partial charge is 0.369 e. The van der Waals surface area contributed by atoms with Crippen LogP contribution in [0.2, 0.25) is 0 Å². The summed E-state index contributed by atoms with van der Waals surface area (Å²) >= 11 is 1.52. The highest BCUT2D eigenvalue weighted by atomic mass is 32.2. The number of aldehydes is 1. The topological polar surface area (TPSA) is 78.6 Å². The van der Waals surface area contributed by atoms with E-state index in [9.17, 15) is 9.59 Å². The highest BCUT2D eigenvalue weighted by Crippen LogP contribution is 2.11. The van der Waals surface area contributed by atoms with Crippen LogP contribution in [0.5, 0.6) is 0 Å². The SMILES string of the molecule is CCCCCCCCCOOC(=O)C(N)(C=O)CCSC. The summed E-state index contributed by atoms with van der Waals surface area (Å²) in [7, 11) is 0. The van der Waals surface area contributed by atoms with Crippen LogP contribution < -0.4 is 5.73 Å². The van der Waals surface area contributed by atoms with Crippen molar-refractivity contribution in [1.29, 1.82) is 0 Å². The molecule has 0 aliphatic rings. The summed E-state index contributed by atoms with van der Waals surface area (Å²) in [5, 5.41) is 0. The molecular weight excluding hydrogens is 290 g/mol. The van der Waals surface area contributed by atoms with Gasteiger partial charge in [0, 0.05) is 0 Å². The Morgan fingerprint density at radius 2 is 1.81 bits per heavy atom. The smallest absolute Gasteiger partial charge is 0.310 e. The first-order chi connectivity index (χ1) is 10.1. The van der Waals surface area contributed by atoms with E-state index in [4.69, 9.17) is 10.6 Å². The number of hydrogen-bond donors (Lipinski definition) is 1. The van der Waals surface area contributed by atoms with E-state index < -0.39 is 11.5 Å². The zero-order valence-corrected chi connectivity index (χ0v) is 14.1. The molecule has 0 aromatic heterocycles. The summed E-state index contributed by atoms with van der Waals surface area (Å²) in [5.41, 5.74) is 4.11. The Labute approximate surface area is 132 Å². The first kappa shape index (κ1) is 20.4. The first-order valence-corrected chi connectivity index (χ1v) is 9.08. The van der Waals surface area contributed by atoms with Crippen molar-refractivity contribution in [2.75, 3.05) is 18.6 Å². The van der Waals surface area contributed by atoms with Gasteiger partial charge in [0.1, 0.15) is 0 Å². The predicted molar refractivity (Wildman–Crippen MR) is 86.0 cm³/mol. The number of unbranched alkanes of at least 4 members (excludes halogenated alkanes) is 6. The molecule has 0 fully saturated rings. The summed E-state index contributed by atoms with van der Waals surface area (Å²) in [6, 6.07) is 0. The summed E-state index contributed by atoms with van der Waals surface area (Å²) in [6.07, 6.45) is 10.7. The van der Waals surface area contributed by atoms with E-state index in [1.807, 2.05) is 6.26 Å². The fourth-order valence-electron chi connectivity index (χ4n) is 1.77. The molecule has 0 aliphatic heterocycles. The minimum absolute atomic E-state index is 0.247. The van der Waals surface area contributed by atoms with Gasteiger partial charge < -0.3 is 10.5 Å². The molecule has 0 radical (unpaired) electrons. The Hall–Kier alpha value is -0.590. The molecule has 1 unspecified atom stereocenters. The fourth-order valence-corrected chi connectivity index (χ4v) is 2.31. The number of thioether (sulfide) groups is 1. The molecule has 124 valence electrons. The Bertz CT molecular complexity index is 289. The van der Waals surface area contributed by atoms with Crippen molar-refractivity contribution in [3.8, 4) is 0 Å². The molecule has 1 atom stereocenters. The van der Waals surface area contributed by atoms with Crippen molar-refractivity contribution in [3.63, 3.8) is 0 Å². The van der Waals surface area contributed by atoms with Crippen LogP contribution in [0.15, 0.2) is 0 Å². The third-order valence-corrected chi connectivity index (χ3v) is 3.89. The second kappa shape index (κ2) is 13.1. The minimum atomic E-state index is -1.59. The molecule has 21 heavy (non-hydrogen) atoms. The lowest BCUT2D eigenvalue weighted by molar-refractivity contribution is -0.276. The average Bonchev–Trinajstić information content (AvgIpc) is 2.50. The minimum Gasteiger partial charge on any atom is -0.310 e. The van der Waals surface area contributed by atoms with E-state index in [1.165, 1.54) is 43.9 Å². The zero-order valence-electron chi connectivity index (χ0n) is 13.3. The Balaban J connectivity index is 3.66. The van der Waals surface area contributed by atoms with Crippen molar-refractivity contribution in [1.82, 2.24) is 0 Å². The molecule has 2 N–H and O–H groups in total. The molecule has 5 nitrogen and oxygen atoms in total. The number of carbonyl (C=O) groups excluding carboxylic acids is 2. The van der Waals surface area contributed by atoms with E-state index in [1.54, 1.807) is 0 Å². The van der Waals surface area contributed by atoms with Gasteiger partial charge in [0.15, 0.2) is 11.8 Å². The molecule has 0 aliphatic carbocycles. The third kappa shape index (κ3) is 9.87. The molecule has 0 amide bonds. The summed E-state index contributed by atoms with van der Waals surface area (Å²) < 4.78 is 0. The molecule has 0 bridgehead atoms. The van der Waals surface area contributed by atoms with Crippen LogP contribution in [0, 0.1) is 0 Å². The number of rotatable bonds is 14. The van der Waals surface area contributed by atoms with Crippen LogP contribution in [-0.4, -0.2) is 36.4 Å². The van der Waals surface area contributed by atoms with Gasteiger partial charge in [0.2, 0.25) is 0 Å². The third-order valence-electron chi connectivity index (χ3n) is 3.28. The number of hydrogen-bond acceptors (Lipinski definition) is 6. The molecule has 0 aromatic carbocycles. The van der Waals surface area contributed by atoms with Crippen LogP contribution in [0.4, 0.5) is 0 Å². The van der Waals surface area contributed by atoms with Crippen LogP contribution in [-0.2, 0) is 19.4 Å². The highest BCUT2D eigenvalue weighted by Gasteiger charge is 2.36. The molecule has 0 rings (SSSR count). The number of nitrogens with two attached hydrogens (primary N) is 1. The fraction of sp³-hybridized carbons (Fsp3) is 0.867. The zero-order chi connectivity index (χ0) is 16.0. The predicted octanol–water partition coefficient (Wildman–Crippen LogP) is 2.86. The quantitative estimate of drug-likeness (QED) is 0.174. The molecular formula is C15H29NO4S. The maximum absolute atomic E-state index is 11.7. The maximum atomic E-state index is 11.7. The highest BCUT2D eigenvalue weighted by molar-refractivity contribution is 7.98. The van der Waals surface area contributed by atoms with Gasteiger partial charge in [0.25, 0.3) is 0 Å². The van der Waals surface area contributed by atoms with Crippen LogP contribution in [0.3, 0.4) is 0 Å². The Morgan fingerprint density at radius 3 is 2.38 bits per heavy atom. The first-order valence-electron chi connectivity index (χ1n) is 7.68. The van der Waals surface area contributed by atoms with Crippen LogP contribution in [0.1, 0.15) is 58.3 Å². The summed E-state index contributed by atoms with van der Waals surface area (Å²) in [4.78, 5) is 32.1. The van der Waals surface area contributed by atoms with E-state index in [0.29, 0.717) is 18.6 Å². The van der Waals surface area contributed by atoms with E-state index in [2.05, 4.69) is 11.8 Å². The van der Waals surface area contributed by atoms with Gasteiger partial charge >= 0.3 is 5.97 Å². The van der Waals surface area contributed by atoms with Crippen LogP contribution >= 0.6 is 11.8 Å². The van der Waals surface area contributed by atoms with Gasteiger partial charge in [-0.3, -0.25) is 4.89 Å². The van der Waals surface area contributed by atoms with Gasteiger partial charge in [0.05, 0.1) is 6.61 Å². The molecule has 0 spiro atoms. The van der Waals surface area contributed by atoms with Crippen molar-refractivity contribution in [3.05, 3.63) is 0 Å². The summed E-state index contributed by atoms with van der Waals surface area (Å²) in [5.74, 6) is -0.197. The molecule has 6 heteroatoms. The second-order valence-electron chi connectivity index (χ2n) is 5.22. The molecule has 0 heterocycles. The molecule has 0 saturated heterocycles. The van der Waals surface area contributed by atoms with Gasteiger partial charge in [-0.2, -0.15) is 16.6 Å². The van der Waals surface area contributed by atoms with Crippen molar-refractivity contribution in [2.24, 2.45) is 5.73 Å². The average molecular weight is 319 g/mol. The molecule has 0 aromatic rings. The van der Waals surface area contributed by atoms with Gasteiger partial charge in [-0.05, 0) is 24.9 Å². The van der Waals surface area contributed by atoms with Crippen molar-refractivity contribution >= 4 is 24.0 Å². The second-order valence-corrected chi connectivity index (χ2v) is 6.20. The monoisotopic (exact) mass is 319 g/mol. The Morgan fingerprint density at radius 1 is 1.19 bits per heavy atom. The lowest BCUT2D eigenvalue weighted by Gasteiger charge is -2.19. The summed E-state index contributed by atoms with van der Waals surface area (Å²) in [6.45, 7) is 2.54. The van der Waals surface area contributed by atoms with Crippen molar-refractivity contribution < 1.29 is 19.4 Å². The van der Waals surface area contributed by atoms with Crippen molar-refractivity contribution in [2.45, 2.75) is 63.8 Å². The Kier molecular flexibility index (Phi) is 12.7. The molecule has 0 saturated carbocycles. The van der Waals surface area contributed by atoms with E-state index in [-0.39, 0.29) is 6.42 Å². The standard InChI is InChI=1S/C15H29NO4S/c1-3-4-5-6-7-8-9-11-19-20-14(18)15(16,13-17)10-12-21-2/h13H,3-12,16H2,1-2H3. The lowest BCUT2D eigenvalue weighted by atomic mass is 10.0. The van der Waals surface area contributed by atoms with E-state index >= 15 is 0 Å². The normalized spacial score (nSPS) is 13.7. The lowest BCUT2D eigenvalue weighted by Crippen LogP contribution is -2.51. The van der Waals surface area contributed by atoms with Crippen LogP contribution in [0.25, 0.3) is 0 Å². The maximum Gasteiger partial charge on any atom is 0.369 e. The van der Waals surface area contributed by atoms with Gasteiger partial charge in [-0.15, -0.1) is 0 Å². The van der Waals surface area contributed by atoms with Gasteiger partial charge in [-0.1, -0.05) is 45.4 Å².